The van der Waals surface area contributed by atoms with Crippen LogP contribution in [-0.4, -0.2) is 63.0 Å². The van der Waals surface area contributed by atoms with E-state index in [1.807, 2.05) is 18.2 Å². The molecule has 1 aromatic rings. The van der Waals surface area contributed by atoms with Crippen molar-refractivity contribution < 1.29 is 14.2 Å². The highest BCUT2D eigenvalue weighted by molar-refractivity contribution is 5.92. The first kappa shape index (κ1) is 20.7. The van der Waals surface area contributed by atoms with Gasteiger partial charge in [0, 0.05) is 37.3 Å². The van der Waals surface area contributed by atoms with Gasteiger partial charge in [0.2, 0.25) is 0 Å². The van der Waals surface area contributed by atoms with E-state index in [-0.39, 0.29) is 0 Å². The van der Waals surface area contributed by atoms with Crippen molar-refractivity contribution in [2.45, 2.75) is 39.2 Å². The minimum atomic E-state index is 0.392. The van der Waals surface area contributed by atoms with Crippen LogP contribution in [0.1, 0.15) is 33.1 Å². The van der Waals surface area contributed by atoms with E-state index in [9.17, 15) is 0 Å². The largest absolute Gasteiger partial charge is 0.490 e. The third-order valence-electron chi connectivity index (χ3n) is 5.58. The number of ether oxygens (including phenoxy) is 3. The van der Waals surface area contributed by atoms with Gasteiger partial charge in [-0.3, -0.25) is 9.89 Å². The lowest BCUT2D eigenvalue weighted by atomic mass is 9.92. The summed E-state index contributed by atoms with van der Waals surface area (Å²) in [5.74, 6) is 2.56. The highest BCUT2D eigenvalue weighted by Gasteiger charge is 2.26. The molecule has 2 aliphatic heterocycles. The van der Waals surface area contributed by atoms with Crippen LogP contribution in [0, 0.1) is 5.92 Å². The Kier molecular flexibility index (Phi) is 7.80. The number of rotatable bonds is 7. The minimum absolute atomic E-state index is 0.392. The summed E-state index contributed by atoms with van der Waals surface area (Å²) in [6.45, 7) is 10.1. The van der Waals surface area contributed by atoms with E-state index in [4.69, 9.17) is 19.9 Å². The Balaban J connectivity index is 1.64. The molecule has 0 aromatic heterocycles. The number of nitrogens with one attached hydrogen (secondary N) is 1. The number of hydrogen-bond acceptors (Lipinski definition) is 5. The molecule has 0 spiro atoms. The summed E-state index contributed by atoms with van der Waals surface area (Å²) in [4.78, 5) is 7.18. The molecule has 1 unspecified atom stereocenters. The van der Waals surface area contributed by atoms with Gasteiger partial charge in [-0.15, -0.1) is 0 Å². The Morgan fingerprint density at radius 1 is 1.11 bits per heavy atom. The maximum absolute atomic E-state index is 6.20. The summed E-state index contributed by atoms with van der Waals surface area (Å²) in [6.07, 6.45) is 3.17. The van der Waals surface area contributed by atoms with Crippen molar-refractivity contribution in [2.75, 3.05) is 51.4 Å². The van der Waals surface area contributed by atoms with E-state index < -0.39 is 0 Å². The van der Waals surface area contributed by atoms with Crippen LogP contribution in [0.2, 0.25) is 0 Å². The topological polar surface area (TPSA) is 81.3 Å². The maximum atomic E-state index is 6.20. The zero-order chi connectivity index (χ0) is 19.8. The fourth-order valence-electron chi connectivity index (χ4n) is 3.92. The molecular weight excluding hydrogens is 356 g/mol. The molecule has 1 saturated heterocycles. The lowest BCUT2D eigenvalue weighted by Gasteiger charge is -2.38. The average Bonchev–Trinajstić information content (AvgIpc) is 2.97. The third-order valence-corrected chi connectivity index (χ3v) is 5.58. The van der Waals surface area contributed by atoms with Gasteiger partial charge in [-0.2, -0.15) is 0 Å². The third kappa shape index (κ3) is 5.52. The highest BCUT2D eigenvalue weighted by Crippen LogP contribution is 2.32. The second-order valence-corrected chi connectivity index (χ2v) is 7.36. The highest BCUT2D eigenvalue weighted by atomic mass is 16.5. The molecule has 0 amide bonds. The molecule has 28 heavy (non-hydrogen) atoms. The fourth-order valence-corrected chi connectivity index (χ4v) is 3.92. The van der Waals surface area contributed by atoms with Gasteiger partial charge in [0.05, 0.1) is 33.0 Å². The first-order valence-electron chi connectivity index (χ1n) is 10.5. The van der Waals surface area contributed by atoms with Crippen LogP contribution in [0.15, 0.2) is 23.2 Å². The summed E-state index contributed by atoms with van der Waals surface area (Å²) in [5.41, 5.74) is 7.05. The van der Waals surface area contributed by atoms with Gasteiger partial charge in [-0.25, -0.2) is 0 Å². The van der Waals surface area contributed by atoms with E-state index in [1.165, 1.54) is 0 Å². The zero-order valence-corrected chi connectivity index (χ0v) is 17.2. The standard InChI is InChI=1S/C21H34N4O3/c1-3-16(4-2)18(25-8-12-26-13-9-25)15-23-21(22)24-17-6-7-19-20(14-17)28-11-5-10-27-19/h6-7,14,16,18H,3-5,8-13,15H2,1-2H3,(H3,22,23,24). The molecule has 7 nitrogen and oxygen atoms in total. The molecule has 7 heteroatoms. The van der Waals surface area contributed by atoms with Crippen LogP contribution in [0.5, 0.6) is 11.5 Å². The lowest BCUT2D eigenvalue weighted by molar-refractivity contribution is 0.00398. The molecule has 156 valence electrons. The Bertz CT molecular complexity index is 643. The molecule has 3 rings (SSSR count). The van der Waals surface area contributed by atoms with Gasteiger partial charge in [-0.05, 0) is 18.1 Å². The van der Waals surface area contributed by atoms with Gasteiger partial charge in [0.15, 0.2) is 17.5 Å². The van der Waals surface area contributed by atoms with Crippen molar-refractivity contribution in [1.82, 2.24) is 4.90 Å². The number of benzene rings is 1. The molecule has 0 aliphatic carbocycles. The van der Waals surface area contributed by atoms with Crippen LogP contribution in [0.4, 0.5) is 5.69 Å². The second kappa shape index (κ2) is 10.5. The van der Waals surface area contributed by atoms with Crippen LogP contribution < -0.4 is 20.5 Å². The summed E-state index contributed by atoms with van der Waals surface area (Å²) in [6, 6.07) is 6.17. The number of aliphatic imine (C=N–C) groups is 1. The second-order valence-electron chi connectivity index (χ2n) is 7.36. The van der Waals surface area contributed by atoms with E-state index in [1.54, 1.807) is 0 Å². The Morgan fingerprint density at radius 3 is 2.54 bits per heavy atom. The Morgan fingerprint density at radius 2 is 1.82 bits per heavy atom. The number of anilines is 1. The normalized spacial score (nSPS) is 19.3. The number of nitrogens with two attached hydrogens (primary N) is 1. The molecule has 1 aromatic carbocycles. The van der Waals surface area contributed by atoms with E-state index in [2.05, 4.69) is 29.1 Å². The number of fused-ring (bicyclic) bond motifs is 1. The van der Waals surface area contributed by atoms with Crippen LogP contribution in [0.3, 0.4) is 0 Å². The monoisotopic (exact) mass is 390 g/mol. The van der Waals surface area contributed by atoms with Crippen molar-refractivity contribution in [1.29, 1.82) is 0 Å². The molecule has 1 atom stereocenters. The van der Waals surface area contributed by atoms with Crippen molar-refractivity contribution >= 4 is 11.6 Å². The number of nitrogens with zero attached hydrogens (tertiary/aromatic N) is 2. The van der Waals surface area contributed by atoms with Crippen molar-refractivity contribution in [3.8, 4) is 11.5 Å². The summed E-state index contributed by atoms with van der Waals surface area (Å²) in [5, 5.41) is 3.19. The van der Waals surface area contributed by atoms with Gasteiger partial charge in [0.1, 0.15) is 0 Å². The van der Waals surface area contributed by atoms with Gasteiger partial charge in [-0.1, -0.05) is 26.7 Å². The number of morpholine rings is 1. The van der Waals surface area contributed by atoms with E-state index in [0.717, 1.165) is 62.8 Å². The molecule has 2 heterocycles. The van der Waals surface area contributed by atoms with Crippen molar-refractivity contribution in [3.63, 3.8) is 0 Å². The maximum Gasteiger partial charge on any atom is 0.193 e. The minimum Gasteiger partial charge on any atom is -0.490 e. The molecule has 0 radical (unpaired) electrons. The molecular formula is C21H34N4O3. The predicted octanol–water partition coefficient (Wildman–Crippen LogP) is 2.71. The van der Waals surface area contributed by atoms with Crippen molar-refractivity contribution in [2.24, 2.45) is 16.6 Å². The SMILES string of the molecule is CCC(CC)C(CN=C(N)Nc1ccc2c(c1)OCCCO2)N1CCOCC1. The Labute approximate surface area is 168 Å². The van der Waals surface area contributed by atoms with Crippen LogP contribution >= 0.6 is 0 Å². The average molecular weight is 391 g/mol. The lowest BCUT2D eigenvalue weighted by Crippen LogP contribution is -2.48. The summed E-state index contributed by atoms with van der Waals surface area (Å²) < 4.78 is 16.9. The summed E-state index contributed by atoms with van der Waals surface area (Å²) >= 11 is 0. The predicted molar refractivity (Wildman–Crippen MR) is 112 cm³/mol. The van der Waals surface area contributed by atoms with Crippen LogP contribution in [-0.2, 0) is 4.74 Å². The summed E-state index contributed by atoms with van der Waals surface area (Å²) in [7, 11) is 0. The van der Waals surface area contributed by atoms with Gasteiger partial charge >= 0.3 is 0 Å². The van der Waals surface area contributed by atoms with Crippen molar-refractivity contribution in [3.05, 3.63) is 18.2 Å². The Hall–Kier alpha value is -1.99. The molecule has 0 saturated carbocycles. The van der Waals surface area contributed by atoms with E-state index in [0.29, 0.717) is 37.7 Å². The zero-order valence-electron chi connectivity index (χ0n) is 17.2. The molecule has 2 aliphatic rings. The van der Waals surface area contributed by atoms with Crippen LogP contribution in [0.25, 0.3) is 0 Å². The first-order valence-corrected chi connectivity index (χ1v) is 10.5. The fraction of sp³-hybridized carbons (Fsp3) is 0.667. The smallest absolute Gasteiger partial charge is 0.193 e. The first-order chi connectivity index (χ1) is 13.7. The quantitative estimate of drug-likeness (QED) is 0.550. The molecule has 0 bridgehead atoms. The van der Waals surface area contributed by atoms with Gasteiger partial charge in [0.25, 0.3) is 0 Å². The van der Waals surface area contributed by atoms with Gasteiger partial charge < -0.3 is 25.3 Å². The molecule has 1 fully saturated rings. The number of hydrogen-bond donors (Lipinski definition) is 2. The number of guanidine groups is 1. The van der Waals surface area contributed by atoms with E-state index >= 15 is 0 Å². The molecule has 3 N–H and O–H groups in total.